The number of halogens is 2. The minimum absolute atomic E-state index is 0. The van der Waals surface area contributed by atoms with Gasteiger partial charge in [-0.2, -0.15) is 0 Å². The van der Waals surface area contributed by atoms with Gasteiger partial charge in [0.2, 0.25) is 5.91 Å². The molecule has 5 heteroatoms. The maximum absolute atomic E-state index is 11.4. The lowest BCUT2D eigenvalue weighted by molar-refractivity contribution is -0.128. The number of hydrogen-bond donors (Lipinski definition) is 1. The molecule has 2 N–H and O–H groups in total. The Morgan fingerprint density at radius 3 is 2.69 bits per heavy atom. The van der Waals surface area contributed by atoms with E-state index in [1.165, 1.54) is 0 Å². The predicted octanol–water partition coefficient (Wildman–Crippen LogP) is 2.47. The predicted molar refractivity (Wildman–Crippen MR) is 67.8 cm³/mol. The van der Waals surface area contributed by atoms with E-state index in [1.807, 2.05) is 17.0 Å². The smallest absolute Gasteiger partial charge is 0.222 e. The Labute approximate surface area is 106 Å². The molecule has 16 heavy (non-hydrogen) atoms. The van der Waals surface area contributed by atoms with Crippen LogP contribution in [0.15, 0.2) is 18.2 Å². The van der Waals surface area contributed by atoms with Crippen molar-refractivity contribution in [3.8, 4) is 0 Å². The maximum atomic E-state index is 11.4. The standard InChI is InChI=1S/C11H13ClN2O.ClH/c12-9-4-8(5-10(13)6-9)7-14-3-1-2-11(14)15;/h4-6H,1-3,7,13H2;1H. The molecule has 1 heterocycles. The Bertz CT molecular complexity index is 375. The molecule has 0 saturated carbocycles. The summed E-state index contributed by atoms with van der Waals surface area (Å²) >= 11 is 5.89. The van der Waals surface area contributed by atoms with E-state index in [1.54, 1.807) is 6.07 Å². The van der Waals surface area contributed by atoms with Crippen molar-refractivity contribution in [3.05, 3.63) is 28.8 Å². The highest BCUT2D eigenvalue weighted by Gasteiger charge is 2.19. The molecule has 1 aliphatic heterocycles. The van der Waals surface area contributed by atoms with Crippen LogP contribution in [0.2, 0.25) is 5.02 Å². The average Bonchev–Trinajstić information content (AvgIpc) is 2.50. The Balaban J connectivity index is 0.00000128. The maximum Gasteiger partial charge on any atom is 0.222 e. The van der Waals surface area contributed by atoms with Gasteiger partial charge < -0.3 is 10.6 Å². The van der Waals surface area contributed by atoms with Gasteiger partial charge in [0.15, 0.2) is 0 Å². The van der Waals surface area contributed by atoms with E-state index in [0.717, 1.165) is 18.5 Å². The second-order valence-electron chi connectivity index (χ2n) is 3.81. The van der Waals surface area contributed by atoms with E-state index >= 15 is 0 Å². The summed E-state index contributed by atoms with van der Waals surface area (Å²) in [4.78, 5) is 13.2. The second kappa shape index (κ2) is 5.41. The fourth-order valence-electron chi connectivity index (χ4n) is 1.86. The Morgan fingerprint density at radius 2 is 2.12 bits per heavy atom. The minimum atomic E-state index is 0. The van der Waals surface area contributed by atoms with Gasteiger partial charge in [0.05, 0.1) is 0 Å². The quantitative estimate of drug-likeness (QED) is 0.831. The first-order chi connectivity index (χ1) is 7.15. The van der Waals surface area contributed by atoms with Crippen molar-refractivity contribution in [2.45, 2.75) is 19.4 Å². The molecule has 0 unspecified atom stereocenters. The zero-order chi connectivity index (χ0) is 10.8. The summed E-state index contributed by atoms with van der Waals surface area (Å²) in [5, 5.41) is 0.622. The summed E-state index contributed by atoms with van der Waals surface area (Å²) < 4.78 is 0. The van der Waals surface area contributed by atoms with Gasteiger partial charge in [-0.1, -0.05) is 11.6 Å². The lowest BCUT2D eigenvalue weighted by Gasteiger charge is -2.15. The number of benzene rings is 1. The third-order valence-corrected chi connectivity index (χ3v) is 2.74. The summed E-state index contributed by atoms with van der Waals surface area (Å²) in [6, 6.07) is 5.41. The number of nitrogen functional groups attached to an aromatic ring is 1. The van der Waals surface area contributed by atoms with Gasteiger partial charge in [0.25, 0.3) is 0 Å². The molecule has 0 radical (unpaired) electrons. The van der Waals surface area contributed by atoms with Crippen molar-refractivity contribution in [2.75, 3.05) is 12.3 Å². The van der Waals surface area contributed by atoms with Crippen molar-refractivity contribution in [3.63, 3.8) is 0 Å². The first kappa shape index (κ1) is 13.1. The zero-order valence-corrected chi connectivity index (χ0v) is 10.4. The highest BCUT2D eigenvalue weighted by Crippen LogP contribution is 2.20. The van der Waals surface area contributed by atoms with E-state index in [0.29, 0.717) is 23.7 Å². The molecule has 0 bridgehead atoms. The van der Waals surface area contributed by atoms with Gasteiger partial charge in [0, 0.05) is 30.2 Å². The normalized spacial score (nSPS) is 15.1. The Kier molecular flexibility index (Phi) is 4.44. The number of nitrogens with zero attached hydrogens (tertiary/aromatic N) is 1. The van der Waals surface area contributed by atoms with Crippen LogP contribution in [0, 0.1) is 0 Å². The summed E-state index contributed by atoms with van der Waals surface area (Å²) in [5.41, 5.74) is 7.32. The molecule has 2 rings (SSSR count). The lowest BCUT2D eigenvalue weighted by Crippen LogP contribution is -2.23. The molecular formula is C11H14Cl2N2O. The van der Waals surface area contributed by atoms with Crippen LogP contribution in [-0.4, -0.2) is 17.4 Å². The van der Waals surface area contributed by atoms with Crippen molar-refractivity contribution in [1.82, 2.24) is 4.90 Å². The number of carbonyl (C=O) groups is 1. The molecule has 0 aliphatic carbocycles. The molecule has 0 atom stereocenters. The van der Waals surface area contributed by atoms with Gasteiger partial charge in [0.1, 0.15) is 0 Å². The molecule has 1 aromatic carbocycles. The molecule has 3 nitrogen and oxygen atoms in total. The van der Waals surface area contributed by atoms with Crippen LogP contribution in [0.5, 0.6) is 0 Å². The van der Waals surface area contributed by atoms with Gasteiger partial charge in [-0.05, 0) is 30.2 Å². The van der Waals surface area contributed by atoms with E-state index in [2.05, 4.69) is 0 Å². The van der Waals surface area contributed by atoms with Crippen molar-refractivity contribution >= 4 is 35.6 Å². The number of hydrogen-bond acceptors (Lipinski definition) is 2. The molecule has 88 valence electrons. The fourth-order valence-corrected chi connectivity index (χ4v) is 2.12. The van der Waals surface area contributed by atoms with Crippen molar-refractivity contribution in [1.29, 1.82) is 0 Å². The van der Waals surface area contributed by atoms with E-state index in [9.17, 15) is 4.79 Å². The third kappa shape index (κ3) is 3.03. The molecule has 0 spiro atoms. The monoisotopic (exact) mass is 260 g/mol. The molecule has 0 aromatic heterocycles. The van der Waals surface area contributed by atoms with Gasteiger partial charge >= 0.3 is 0 Å². The number of rotatable bonds is 2. The summed E-state index contributed by atoms with van der Waals surface area (Å²) in [6.07, 6.45) is 1.62. The molecule has 1 saturated heterocycles. The molecular weight excluding hydrogens is 247 g/mol. The van der Waals surface area contributed by atoms with E-state index in [4.69, 9.17) is 17.3 Å². The SMILES string of the molecule is Cl.Nc1cc(Cl)cc(CN2CCCC2=O)c1. The third-order valence-electron chi connectivity index (χ3n) is 2.52. The largest absolute Gasteiger partial charge is 0.399 e. The van der Waals surface area contributed by atoms with Crippen LogP contribution < -0.4 is 5.73 Å². The van der Waals surface area contributed by atoms with Gasteiger partial charge in [-0.15, -0.1) is 12.4 Å². The van der Waals surface area contributed by atoms with Crippen molar-refractivity contribution in [2.24, 2.45) is 0 Å². The van der Waals surface area contributed by atoms with E-state index < -0.39 is 0 Å². The second-order valence-corrected chi connectivity index (χ2v) is 4.25. The van der Waals surface area contributed by atoms with Gasteiger partial charge in [-0.25, -0.2) is 0 Å². The topological polar surface area (TPSA) is 46.3 Å². The van der Waals surface area contributed by atoms with Crippen LogP contribution in [0.3, 0.4) is 0 Å². The Morgan fingerprint density at radius 1 is 1.38 bits per heavy atom. The number of anilines is 1. The highest BCUT2D eigenvalue weighted by molar-refractivity contribution is 6.30. The summed E-state index contributed by atoms with van der Waals surface area (Å²) in [7, 11) is 0. The summed E-state index contributed by atoms with van der Waals surface area (Å²) in [6.45, 7) is 1.45. The molecule has 1 amide bonds. The number of amides is 1. The van der Waals surface area contributed by atoms with Crippen LogP contribution in [0.4, 0.5) is 5.69 Å². The lowest BCUT2D eigenvalue weighted by atomic mass is 10.2. The van der Waals surface area contributed by atoms with Gasteiger partial charge in [-0.3, -0.25) is 4.79 Å². The van der Waals surface area contributed by atoms with Crippen molar-refractivity contribution < 1.29 is 4.79 Å². The number of likely N-dealkylation sites (tertiary alicyclic amines) is 1. The van der Waals surface area contributed by atoms with Crippen LogP contribution in [0.1, 0.15) is 18.4 Å². The Hall–Kier alpha value is -0.930. The van der Waals surface area contributed by atoms with Crippen LogP contribution >= 0.6 is 24.0 Å². The van der Waals surface area contributed by atoms with E-state index in [-0.39, 0.29) is 18.3 Å². The average molecular weight is 261 g/mol. The fraction of sp³-hybridized carbons (Fsp3) is 0.364. The number of nitrogens with two attached hydrogens (primary N) is 1. The van der Waals surface area contributed by atoms with Crippen LogP contribution in [-0.2, 0) is 11.3 Å². The molecule has 1 fully saturated rings. The zero-order valence-electron chi connectivity index (χ0n) is 8.78. The minimum Gasteiger partial charge on any atom is -0.399 e. The first-order valence-electron chi connectivity index (χ1n) is 4.98. The highest BCUT2D eigenvalue weighted by atomic mass is 35.5. The molecule has 1 aliphatic rings. The molecule has 1 aromatic rings. The van der Waals surface area contributed by atoms with Crippen LogP contribution in [0.25, 0.3) is 0 Å². The number of carbonyl (C=O) groups excluding carboxylic acids is 1. The first-order valence-corrected chi connectivity index (χ1v) is 5.35. The summed E-state index contributed by atoms with van der Waals surface area (Å²) in [5.74, 6) is 0.216.